The summed E-state index contributed by atoms with van der Waals surface area (Å²) in [4.78, 5) is 4.99. The molecule has 0 saturated heterocycles. The normalized spacial score (nSPS) is 25.7. The average molecular weight is 272 g/mol. The zero-order valence-electron chi connectivity index (χ0n) is 11.3. The van der Waals surface area contributed by atoms with Crippen molar-refractivity contribution in [2.75, 3.05) is 5.75 Å². The van der Waals surface area contributed by atoms with Crippen LogP contribution in [0.2, 0.25) is 0 Å². The smallest absolute Gasteiger partial charge is 0.0786 e. The van der Waals surface area contributed by atoms with E-state index < -0.39 is 0 Å². The van der Waals surface area contributed by atoms with Crippen LogP contribution in [0.15, 0.2) is 35.3 Å². The van der Waals surface area contributed by atoms with Gasteiger partial charge in [0.1, 0.15) is 0 Å². The number of benzene rings is 1. The Bertz CT molecular complexity index is 491. The number of rotatable bonds is 5. The summed E-state index contributed by atoms with van der Waals surface area (Å²) in [5.74, 6) is 1.59. The third-order valence-corrected chi connectivity index (χ3v) is 5.58. The van der Waals surface area contributed by atoms with Crippen LogP contribution in [0, 0.1) is 11.3 Å². The largest absolute Gasteiger partial charge is 0.313 e. The number of thioether (sulfide) groups is 1. The molecule has 1 saturated carbocycles. The maximum absolute atomic E-state index is 7.24. The fourth-order valence-electron chi connectivity index (χ4n) is 2.79. The van der Waals surface area contributed by atoms with Gasteiger partial charge < -0.3 is 5.41 Å². The first-order valence-corrected chi connectivity index (χ1v) is 8.00. The van der Waals surface area contributed by atoms with Gasteiger partial charge in [-0.2, -0.15) is 0 Å². The Morgan fingerprint density at radius 2 is 2.16 bits per heavy atom. The highest BCUT2D eigenvalue weighted by Gasteiger charge is 2.50. The van der Waals surface area contributed by atoms with Crippen LogP contribution >= 0.6 is 11.8 Å². The topological polar surface area (TPSA) is 36.2 Å². The highest BCUT2D eigenvalue weighted by Crippen LogP contribution is 2.53. The second-order valence-electron chi connectivity index (χ2n) is 5.68. The first-order chi connectivity index (χ1) is 9.26. The van der Waals surface area contributed by atoms with Gasteiger partial charge in [0.25, 0.3) is 0 Å². The second kappa shape index (κ2) is 5.12. The Balaban J connectivity index is 1.80. The van der Waals surface area contributed by atoms with Gasteiger partial charge in [0.05, 0.1) is 11.1 Å². The van der Waals surface area contributed by atoms with Gasteiger partial charge >= 0.3 is 0 Å². The molecule has 1 unspecified atom stereocenters. The van der Waals surface area contributed by atoms with E-state index in [1.807, 2.05) is 11.8 Å². The molecular weight excluding hydrogens is 252 g/mol. The minimum Gasteiger partial charge on any atom is -0.313 e. The molecule has 1 aliphatic carbocycles. The van der Waals surface area contributed by atoms with Crippen molar-refractivity contribution in [1.29, 1.82) is 5.41 Å². The van der Waals surface area contributed by atoms with E-state index in [4.69, 9.17) is 10.4 Å². The van der Waals surface area contributed by atoms with Crippen LogP contribution in [-0.4, -0.2) is 23.1 Å². The van der Waals surface area contributed by atoms with E-state index in [2.05, 4.69) is 37.3 Å². The van der Waals surface area contributed by atoms with E-state index in [-0.39, 0.29) is 5.41 Å². The molecule has 1 aliphatic heterocycles. The number of hydrogen-bond donors (Lipinski definition) is 1. The van der Waals surface area contributed by atoms with Crippen molar-refractivity contribution in [3.8, 4) is 0 Å². The van der Waals surface area contributed by atoms with E-state index in [9.17, 15) is 0 Å². The van der Waals surface area contributed by atoms with Gasteiger partial charge in [0.2, 0.25) is 0 Å². The minimum atomic E-state index is 0.241. The van der Waals surface area contributed by atoms with E-state index >= 15 is 0 Å². The summed E-state index contributed by atoms with van der Waals surface area (Å²) >= 11 is 1.94. The first kappa shape index (κ1) is 12.9. The van der Waals surface area contributed by atoms with Crippen LogP contribution in [-0.2, 0) is 5.41 Å². The third kappa shape index (κ3) is 2.36. The SMILES string of the molecule is C[C@@H](CC=N)C1CSC(C2(c3ccccc3)CC2)=N1. The lowest BCUT2D eigenvalue weighted by molar-refractivity contribution is 0.516. The van der Waals surface area contributed by atoms with Gasteiger partial charge in [0.15, 0.2) is 0 Å². The monoisotopic (exact) mass is 272 g/mol. The molecule has 0 radical (unpaired) electrons. The molecule has 3 rings (SSSR count). The Morgan fingerprint density at radius 1 is 1.42 bits per heavy atom. The summed E-state index contributed by atoms with van der Waals surface area (Å²) in [5, 5.41) is 8.58. The molecular formula is C16H20N2S. The number of aliphatic imine (C=N–C) groups is 1. The fourth-order valence-corrected chi connectivity index (χ4v) is 4.33. The summed E-state index contributed by atoms with van der Waals surface area (Å²) < 4.78 is 0. The van der Waals surface area contributed by atoms with Crippen molar-refractivity contribution < 1.29 is 0 Å². The molecule has 0 amide bonds. The van der Waals surface area contributed by atoms with Crippen molar-refractivity contribution >= 4 is 23.0 Å². The minimum absolute atomic E-state index is 0.241. The van der Waals surface area contributed by atoms with Crippen LogP contribution in [0.1, 0.15) is 31.7 Å². The van der Waals surface area contributed by atoms with Gasteiger partial charge in [0, 0.05) is 11.2 Å². The highest BCUT2D eigenvalue weighted by molar-refractivity contribution is 8.14. The van der Waals surface area contributed by atoms with Gasteiger partial charge in [-0.05, 0) is 37.0 Å². The van der Waals surface area contributed by atoms with Crippen molar-refractivity contribution in [1.82, 2.24) is 0 Å². The van der Waals surface area contributed by atoms with E-state index in [0.717, 1.165) is 12.2 Å². The van der Waals surface area contributed by atoms with Gasteiger partial charge in [-0.3, -0.25) is 4.99 Å². The predicted octanol–water partition coefficient (Wildman–Crippen LogP) is 3.91. The molecule has 0 bridgehead atoms. The molecule has 0 aromatic heterocycles. The van der Waals surface area contributed by atoms with Gasteiger partial charge in [-0.25, -0.2) is 0 Å². The van der Waals surface area contributed by atoms with Crippen molar-refractivity contribution in [2.45, 2.75) is 37.6 Å². The summed E-state index contributed by atoms with van der Waals surface area (Å²) in [6, 6.07) is 11.2. The third-order valence-electron chi connectivity index (χ3n) is 4.31. The summed E-state index contributed by atoms with van der Waals surface area (Å²) in [5.41, 5.74) is 1.67. The van der Waals surface area contributed by atoms with Crippen LogP contribution in [0.3, 0.4) is 0 Å². The molecule has 2 atom stereocenters. The predicted molar refractivity (Wildman–Crippen MR) is 83.6 cm³/mol. The number of nitrogens with zero attached hydrogens (tertiary/aromatic N) is 1. The maximum atomic E-state index is 7.24. The van der Waals surface area contributed by atoms with Crippen molar-refractivity contribution in [3.05, 3.63) is 35.9 Å². The van der Waals surface area contributed by atoms with Crippen molar-refractivity contribution in [3.63, 3.8) is 0 Å². The Labute approximate surface area is 119 Å². The van der Waals surface area contributed by atoms with Crippen molar-refractivity contribution in [2.24, 2.45) is 10.9 Å². The quantitative estimate of drug-likeness (QED) is 0.811. The second-order valence-corrected chi connectivity index (χ2v) is 6.69. The summed E-state index contributed by atoms with van der Waals surface area (Å²) in [6.07, 6.45) is 4.86. The van der Waals surface area contributed by atoms with E-state index in [0.29, 0.717) is 12.0 Å². The molecule has 1 aromatic carbocycles. The Morgan fingerprint density at radius 3 is 2.79 bits per heavy atom. The molecule has 2 nitrogen and oxygen atoms in total. The van der Waals surface area contributed by atoms with Crippen LogP contribution < -0.4 is 0 Å². The maximum Gasteiger partial charge on any atom is 0.0786 e. The van der Waals surface area contributed by atoms with Crippen LogP contribution in [0.5, 0.6) is 0 Å². The van der Waals surface area contributed by atoms with Gasteiger partial charge in [-0.15, -0.1) is 11.8 Å². The lowest BCUT2D eigenvalue weighted by Gasteiger charge is -2.15. The standard InChI is InChI=1S/C16H20N2S/c1-12(7-10-17)14-11-19-15(18-14)16(8-9-16)13-5-3-2-4-6-13/h2-6,10,12,14,17H,7-9,11H2,1H3/t12-,14?/m0/s1. The molecule has 100 valence electrons. The van der Waals surface area contributed by atoms with Gasteiger partial charge in [-0.1, -0.05) is 37.3 Å². The molecule has 0 spiro atoms. The number of hydrogen-bond acceptors (Lipinski definition) is 3. The Hall–Kier alpha value is -1.09. The number of nitrogens with one attached hydrogen (secondary N) is 1. The van der Waals surface area contributed by atoms with Crippen LogP contribution in [0.4, 0.5) is 0 Å². The lowest BCUT2D eigenvalue weighted by Crippen LogP contribution is -2.17. The first-order valence-electron chi connectivity index (χ1n) is 7.02. The summed E-state index contributed by atoms with van der Waals surface area (Å²) in [7, 11) is 0. The molecule has 1 N–H and O–H groups in total. The molecule has 1 heterocycles. The average Bonchev–Trinajstić information content (AvgIpc) is 3.10. The lowest BCUT2D eigenvalue weighted by atomic mass is 9.96. The molecule has 1 aromatic rings. The highest BCUT2D eigenvalue weighted by atomic mass is 32.2. The van der Waals surface area contributed by atoms with E-state index in [1.165, 1.54) is 29.7 Å². The molecule has 19 heavy (non-hydrogen) atoms. The zero-order chi connectivity index (χ0) is 13.3. The van der Waals surface area contributed by atoms with Crippen LogP contribution in [0.25, 0.3) is 0 Å². The summed E-state index contributed by atoms with van der Waals surface area (Å²) in [6.45, 7) is 2.21. The Kier molecular flexibility index (Phi) is 3.48. The molecule has 2 aliphatic rings. The molecule has 3 heteroatoms. The van der Waals surface area contributed by atoms with E-state index in [1.54, 1.807) is 0 Å². The fraction of sp³-hybridized carbons (Fsp3) is 0.500. The molecule has 1 fully saturated rings. The zero-order valence-corrected chi connectivity index (χ0v) is 12.1.